The van der Waals surface area contributed by atoms with Crippen molar-refractivity contribution in [2.75, 3.05) is 17.7 Å². The normalized spacial score (nSPS) is 11.3. The maximum atomic E-state index is 13.1. The summed E-state index contributed by atoms with van der Waals surface area (Å²) in [4.78, 5) is 39.6. The summed E-state index contributed by atoms with van der Waals surface area (Å²) in [5.74, 6) is -0.550. The largest absolute Gasteiger partial charge is 0.335 e. The van der Waals surface area contributed by atoms with Crippen LogP contribution in [0.25, 0.3) is 0 Å². The molecule has 0 aliphatic rings. The average molecular weight is 478 g/mol. The molecule has 6 nitrogen and oxygen atoms in total. The number of hydrogen-bond acceptors (Lipinski definition) is 3. The van der Waals surface area contributed by atoms with E-state index >= 15 is 0 Å². The van der Waals surface area contributed by atoms with E-state index in [4.69, 9.17) is 0 Å². The summed E-state index contributed by atoms with van der Waals surface area (Å²) >= 11 is 0. The molecule has 0 fully saturated rings. The molecule has 3 amide bonds. The molecule has 0 aromatic heterocycles. The molecule has 0 radical (unpaired) electrons. The first-order valence-corrected chi connectivity index (χ1v) is 11.6. The van der Waals surface area contributed by atoms with Gasteiger partial charge in [0.15, 0.2) is 0 Å². The van der Waals surface area contributed by atoms with Crippen LogP contribution in [0.3, 0.4) is 0 Å². The van der Waals surface area contributed by atoms with Gasteiger partial charge in [-0.15, -0.1) is 0 Å². The minimum Gasteiger partial charge on any atom is -0.335 e. The molecule has 4 rings (SSSR count). The lowest BCUT2D eigenvalue weighted by molar-refractivity contribution is 0.0742. The van der Waals surface area contributed by atoms with Crippen LogP contribution in [0.1, 0.15) is 49.6 Å². The second-order valence-electron chi connectivity index (χ2n) is 8.44. The second-order valence-corrected chi connectivity index (χ2v) is 8.44. The van der Waals surface area contributed by atoms with Crippen molar-refractivity contribution >= 4 is 29.1 Å². The van der Waals surface area contributed by atoms with Crippen LogP contribution in [0.15, 0.2) is 109 Å². The summed E-state index contributed by atoms with van der Waals surface area (Å²) in [5.41, 5.74) is 3.81. The number of carbonyl (C=O) groups excluding carboxylic acids is 3. The molecule has 4 aromatic rings. The molecule has 0 heterocycles. The Kier molecular flexibility index (Phi) is 7.56. The predicted molar refractivity (Wildman–Crippen MR) is 142 cm³/mol. The second kappa shape index (κ2) is 11.1. The van der Waals surface area contributed by atoms with Crippen LogP contribution >= 0.6 is 0 Å². The summed E-state index contributed by atoms with van der Waals surface area (Å²) in [6.07, 6.45) is 0. The highest BCUT2D eigenvalue weighted by Gasteiger charge is 2.20. The number of carbonyl (C=O) groups is 3. The molecule has 0 bridgehead atoms. The summed E-state index contributed by atoms with van der Waals surface area (Å²) in [6, 6.07) is 32.0. The number of nitrogens with one attached hydrogen (secondary N) is 2. The molecule has 180 valence electrons. The Labute approximate surface area is 210 Å². The molecule has 0 aliphatic carbocycles. The Morgan fingerprint density at radius 3 is 1.69 bits per heavy atom. The Bertz CT molecular complexity index is 1350. The highest BCUT2D eigenvalue weighted by atomic mass is 16.2. The van der Waals surface area contributed by atoms with Gasteiger partial charge in [0.25, 0.3) is 17.7 Å². The van der Waals surface area contributed by atoms with Gasteiger partial charge in [0.05, 0.1) is 6.04 Å². The van der Waals surface area contributed by atoms with Crippen molar-refractivity contribution in [3.05, 3.63) is 131 Å². The number of nitrogens with zero attached hydrogens (tertiary/aromatic N) is 1. The monoisotopic (exact) mass is 477 g/mol. The quantitative estimate of drug-likeness (QED) is 0.341. The Hall–Kier alpha value is -4.71. The van der Waals surface area contributed by atoms with Crippen molar-refractivity contribution in [2.24, 2.45) is 0 Å². The van der Waals surface area contributed by atoms with Crippen LogP contribution in [-0.2, 0) is 0 Å². The third kappa shape index (κ3) is 5.85. The molecular weight excluding hydrogens is 450 g/mol. The highest BCUT2D eigenvalue weighted by Crippen LogP contribution is 2.24. The third-order valence-electron chi connectivity index (χ3n) is 5.99. The van der Waals surface area contributed by atoms with Crippen LogP contribution in [0, 0.1) is 0 Å². The molecule has 0 saturated carbocycles. The average Bonchev–Trinajstić information content (AvgIpc) is 2.93. The summed E-state index contributed by atoms with van der Waals surface area (Å²) in [5, 5.41) is 5.75. The van der Waals surface area contributed by atoms with Gasteiger partial charge in [0.1, 0.15) is 0 Å². The van der Waals surface area contributed by atoms with Gasteiger partial charge in [-0.3, -0.25) is 14.4 Å². The number of benzene rings is 4. The summed E-state index contributed by atoms with van der Waals surface area (Å²) in [7, 11) is 1.74. The zero-order valence-electron chi connectivity index (χ0n) is 20.1. The van der Waals surface area contributed by atoms with Gasteiger partial charge in [-0.2, -0.15) is 0 Å². The lowest BCUT2D eigenvalue weighted by Crippen LogP contribution is -2.29. The smallest absolute Gasteiger partial charge is 0.255 e. The zero-order chi connectivity index (χ0) is 25.5. The molecule has 0 aliphatic heterocycles. The fraction of sp³-hybridized carbons (Fsp3) is 0.100. The van der Waals surface area contributed by atoms with Crippen molar-refractivity contribution in [2.45, 2.75) is 13.0 Å². The van der Waals surface area contributed by atoms with Crippen molar-refractivity contribution in [3.63, 3.8) is 0 Å². The topological polar surface area (TPSA) is 78.5 Å². The van der Waals surface area contributed by atoms with Crippen molar-refractivity contribution in [1.82, 2.24) is 4.90 Å². The molecule has 1 unspecified atom stereocenters. The Balaban J connectivity index is 1.41. The minimum atomic E-state index is -0.233. The maximum absolute atomic E-state index is 13.1. The minimum absolute atomic E-state index is 0.151. The van der Waals surface area contributed by atoms with Gasteiger partial charge in [0, 0.05) is 35.1 Å². The van der Waals surface area contributed by atoms with Crippen molar-refractivity contribution in [3.8, 4) is 0 Å². The van der Waals surface area contributed by atoms with E-state index in [2.05, 4.69) is 10.6 Å². The highest BCUT2D eigenvalue weighted by molar-refractivity contribution is 6.05. The molecule has 36 heavy (non-hydrogen) atoms. The fourth-order valence-corrected chi connectivity index (χ4v) is 3.76. The van der Waals surface area contributed by atoms with Gasteiger partial charge in [-0.05, 0) is 73.2 Å². The number of hydrogen-bond donors (Lipinski definition) is 2. The summed E-state index contributed by atoms with van der Waals surface area (Å²) < 4.78 is 0. The fourth-order valence-electron chi connectivity index (χ4n) is 3.76. The van der Waals surface area contributed by atoms with Gasteiger partial charge in [-0.1, -0.05) is 48.5 Å². The lowest BCUT2D eigenvalue weighted by Gasteiger charge is -2.26. The van der Waals surface area contributed by atoms with E-state index < -0.39 is 0 Å². The molecule has 6 heteroatoms. The first-order valence-electron chi connectivity index (χ1n) is 11.6. The van der Waals surface area contributed by atoms with E-state index in [-0.39, 0.29) is 23.8 Å². The lowest BCUT2D eigenvalue weighted by atomic mass is 10.0. The van der Waals surface area contributed by atoms with Crippen LogP contribution < -0.4 is 10.6 Å². The Morgan fingerprint density at radius 2 is 1.14 bits per heavy atom. The molecule has 0 spiro atoms. The molecule has 1 atom stereocenters. The van der Waals surface area contributed by atoms with E-state index in [1.807, 2.05) is 55.5 Å². The van der Waals surface area contributed by atoms with Crippen LogP contribution in [-0.4, -0.2) is 29.7 Å². The number of rotatable bonds is 7. The molecule has 4 aromatic carbocycles. The van der Waals surface area contributed by atoms with E-state index in [1.54, 1.807) is 72.6 Å². The van der Waals surface area contributed by atoms with Gasteiger partial charge in [0.2, 0.25) is 0 Å². The third-order valence-corrected chi connectivity index (χ3v) is 5.99. The zero-order valence-corrected chi connectivity index (χ0v) is 20.1. The van der Waals surface area contributed by atoms with E-state index in [9.17, 15) is 14.4 Å². The van der Waals surface area contributed by atoms with Crippen molar-refractivity contribution in [1.29, 1.82) is 0 Å². The Morgan fingerprint density at radius 1 is 0.611 bits per heavy atom. The van der Waals surface area contributed by atoms with E-state index in [0.29, 0.717) is 28.1 Å². The van der Waals surface area contributed by atoms with E-state index in [1.165, 1.54) is 0 Å². The molecule has 2 N–H and O–H groups in total. The van der Waals surface area contributed by atoms with Gasteiger partial charge >= 0.3 is 0 Å². The standard InChI is InChI=1S/C30H27N3O3/c1-21(25-14-9-15-27(20-25)32-29(35)23-12-7-4-8-13-23)33(2)30(36)24-16-18-26(19-17-24)31-28(34)22-10-5-3-6-11-22/h3-21H,1-2H3,(H,31,34)(H,32,35). The molecule has 0 saturated heterocycles. The predicted octanol–water partition coefficient (Wildman–Crippen LogP) is 6.02. The van der Waals surface area contributed by atoms with Crippen LogP contribution in [0.5, 0.6) is 0 Å². The molecular formula is C30H27N3O3. The summed E-state index contributed by atoms with van der Waals surface area (Å²) in [6.45, 7) is 1.94. The maximum Gasteiger partial charge on any atom is 0.255 e. The first-order chi connectivity index (χ1) is 17.4. The SMILES string of the molecule is CC(c1cccc(NC(=O)c2ccccc2)c1)N(C)C(=O)c1ccc(NC(=O)c2ccccc2)cc1. The van der Waals surface area contributed by atoms with Gasteiger partial charge < -0.3 is 15.5 Å². The number of anilines is 2. The van der Waals surface area contributed by atoms with E-state index in [0.717, 1.165) is 5.56 Å². The van der Waals surface area contributed by atoms with Crippen molar-refractivity contribution < 1.29 is 14.4 Å². The first kappa shape index (κ1) is 24.4. The van der Waals surface area contributed by atoms with Crippen LogP contribution in [0.4, 0.5) is 11.4 Å². The van der Waals surface area contributed by atoms with Crippen LogP contribution in [0.2, 0.25) is 0 Å². The van der Waals surface area contributed by atoms with Gasteiger partial charge in [-0.25, -0.2) is 0 Å². The number of amides is 3.